The molecule has 2 nitrogen and oxygen atoms in total. The van der Waals surface area contributed by atoms with Crippen LogP contribution in [0.2, 0.25) is 0 Å². The van der Waals surface area contributed by atoms with E-state index in [1.807, 2.05) is 34.6 Å². The van der Waals surface area contributed by atoms with Crippen molar-refractivity contribution in [3.8, 4) is 0 Å². The number of benzene rings is 1. The van der Waals surface area contributed by atoms with Crippen LogP contribution in [0.5, 0.6) is 0 Å². The average molecular weight is 300 g/mol. The summed E-state index contributed by atoms with van der Waals surface area (Å²) in [5.41, 5.74) is -1.03. The Bertz CT molecular complexity index is 504. The van der Waals surface area contributed by atoms with Crippen molar-refractivity contribution >= 4 is 24.3 Å². The summed E-state index contributed by atoms with van der Waals surface area (Å²) in [6.07, 6.45) is 0. The van der Waals surface area contributed by atoms with E-state index in [1.54, 1.807) is 6.07 Å². The number of rotatable bonds is 3. The molecule has 20 heavy (non-hydrogen) atoms. The van der Waals surface area contributed by atoms with Crippen molar-refractivity contribution in [1.82, 2.24) is 0 Å². The Morgan fingerprint density at radius 1 is 1.10 bits per heavy atom. The molecular formula is C14H19BF2O2S. The number of thioether (sulfide) groups is 1. The monoisotopic (exact) mass is 300 g/mol. The van der Waals surface area contributed by atoms with E-state index in [4.69, 9.17) is 9.31 Å². The third kappa shape index (κ3) is 2.74. The van der Waals surface area contributed by atoms with Crippen molar-refractivity contribution in [1.29, 1.82) is 0 Å². The normalized spacial score (nSPS) is 20.4. The van der Waals surface area contributed by atoms with E-state index >= 15 is 0 Å². The van der Waals surface area contributed by atoms with E-state index in [0.717, 1.165) is 5.75 Å². The molecule has 1 aliphatic rings. The summed E-state index contributed by atoms with van der Waals surface area (Å²) >= 11 is 1.45. The van der Waals surface area contributed by atoms with Crippen LogP contribution in [0, 0.1) is 11.6 Å². The SMILES string of the molecule is CCSc1cc(F)c(F)c(B2OC(C)(C)C(C)(C)O2)c1. The molecule has 1 fully saturated rings. The summed E-state index contributed by atoms with van der Waals surface area (Å²) in [5.74, 6) is -0.981. The van der Waals surface area contributed by atoms with Gasteiger partial charge >= 0.3 is 7.12 Å². The lowest BCUT2D eigenvalue weighted by atomic mass is 9.78. The summed E-state index contributed by atoms with van der Waals surface area (Å²) < 4.78 is 39.3. The van der Waals surface area contributed by atoms with E-state index in [2.05, 4.69) is 0 Å². The fourth-order valence-electron chi connectivity index (χ4n) is 1.98. The van der Waals surface area contributed by atoms with Crippen LogP contribution in [0.4, 0.5) is 8.78 Å². The van der Waals surface area contributed by atoms with E-state index < -0.39 is 30.0 Å². The fourth-order valence-corrected chi connectivity index (χ4v) is 2.71. The first-order valence-electron chi connectivity index (χ1n) is 6.65. The van der Waals surface area contributed by atoms with Gasteiger partial charge in [0.15, 0.2) is 11.6 Å². The second-order valence-corrected chi connectivity index (χ2v) is 7.17. The lowest BCUT2D eigenvalue weighted by molar-refractivity contribution is 0.00578. The Hall–Kier alpha value is -0.585. The molecule has 0 spiro atoms. The molecule has 2 rings (SSSR count). The highest BCUT2D eigenvalue weighted by atomic mass is 32.2. The van der Waals surface area contributed by atoms with Crippen molar-refractivity contribution in [3.05, 3.63) is 23.8 Å². The number of halogens is 2. The number of hydrogen-bond donors (Lipinski definition) is 0. The molecule has 0 unspecified atom stereocenters. The van der Waals surface area contributed by atoms with Crippen molar-refractivity contribution in [2.45, 2.75) is 50.7 Å². The summed E-state index contributed by atoms with van der Waals surface area (Å²) in [4.78, 5) is 0.677. The van der Waals surface area contributed by atoms with Crippen LogP contribution < -0.4 is 5.46 Å². The Morgan fingerprint density at radius 2 is 1.65 bits per heavy atom. The zero-order valence-electron chi connectivity index (χ0n) is 12.4. The fraction of sp³-hybridized carbons (Fsp3) is 0.571. The molecule has 0 aromatic heterocycles. The standard InChI is InChI=1S/C14H19BF2O2S/c1-6-20-9-7-10(12(17)11(16)8-9)15-18-13(2,3)14(4,5)19-15/h7-8H,6H2,1-5H3. The van der Waals surface area contributed by atoms with Crippen LogP contribution in [0.3, 0.4) is 0 Å². The minimum Gasteiger partial charge on any atom is -0.399 e. The van der Waals surface area contributed by atoms with Gasteiger partial charge in [0.05, 0.1) is 11.2 Å². The predicted octanol–water partition coefficient (Wildman–Crippen LogP) is 3.38. The van der Waals surface area contributed by atoms with Crippen LogP contribution in [0.1, 0.15) is 34.6 Å². The smallest absolute Gasteiger partial charge is 0.399 e. The van der Waals surface area contributed by atoms with E-state index in [-0.39, 0.29) is 5.46 Å². The Balaban J connectivity index is 2.39. The van der Waals surface area contributed by atoms with Gasteiger partial charge in [-0.05, 0) is 45.6 Å². The molecule has 0 saturated carbocycles. The maximum Gasteiger partial charge on any atom is 0.498 e. The van der Waals surface area contributed by atoms with Gasteiger partial charge in [-0.1, -0.05) is 6.92 Å². The molecule has 0 bridgehead atoms. The lowest BCUT2D eigenvalue weighted by Gasteiger charge is -2.32. The van der Waals surface area contributed by atoms with Crippen LogP contribution in [-0.2, 0) is 9.31 Å². The second kappa shape index (κ2) is 5.32. The Kier molecular flexibility index (Phi) is 4.20. The van der Waals surface area contributed by atoms with Crippen LogP contribution >= 0.6 is 11.8 Å². The molecule has 1 aliphatic heterocycles. The second-order valence-electron chi connectivity index (χ2n) is 5.83. The largest absolute Gasteiger partial charge is 0.498 e. The molecule has 1 heterocycles. The maximum absolute atomic E-state index is 14.0. The van der Waals surface area contributed by atoms with Gasteiger partial charge in [-0.15, -0.1) is 11.8 Å². The van der Waals surface area contributed by atoms with Crippen molar-refractivity contribution in [2.75, 3.05) is 5.75 Å². The topological polar surface area (TPSA) is 18.5 Å². The summed E-state index contributed by atoms with van der Waals surface area (Å²) in [7, 11) is -0.882. The molecule has 0 amide bonds. The average Bonchev–Trinajstić information content (AvgIpc) is 2.53. The Morgan fingerprint density at radius 3 is 2.15 bits per heavy atom. The lowest BCUT2D eigenvalue weighted by Crippen LogP contribution is -2.41. The van der Waals surface area contributed by atoms with E-state index in [0.29, 0.717) is 4.90 Å². The van der Waals surface area contributed by atoms with Gasteiger partial charge in [-0.3, -0.25) is 0 Å². The molecular weight excluding hydrogens is 281 g/mol. The molecule has 1 aromatic rings. The highest BCUT2D eigenvalue weighted by Crippen LogP contribution is 2.37. The summed E-state index contributed by atoms with van der Waals surface area (Å²) in [6.45, 7) is 9.48. The molecule has 0 radical (unpaired) electrons. The van der Waals surface area contributed by atoms with Gasteiger partial charge in [0, 0.05) is 10.4 Å². The summed E-state index contributed by atoms with van der Waals surface area (Å²) in [5, 5.41) is 0. The third-order valence-electron chi connectivity index (χ3n) is 3.85. The third-order valence-corrected chi connectivity index (χ3v) is 4.71. The van der Waals surface area contributed by atoms with Gasteiger partial charge < -0.3 is 9.31 Å². The maximum atomic E-state index is 14.0. The van der Waals surface area contributed by atoms with Crippen LogP contribution in [0.15, 0.2) is 17.0 Å². The predicted molar refractivity (Wildman–Crippen MR) is 78.5 cm³/mol. The Labute approximate surface area is 123 Å². The van der Waals surface area contributed by atoms with Gasteiger partial charge in [-0.25, -0.2) is 8.78 Å². The first kappa shape index (κ1) is 15.8. The van der Waals surface area contributed by atoms with Gasteiger partial charge in [0.2, 0.25) is 0 Å². The van der Waals surface area contributed by atoms with Crippen molar-refractivity contribution in [2.24, 2.45) is 0 Å². The van der Waals surface area contributed by atoms with Crippen molar-refractivity contribution < 1.29 is 18.1 Å². The molecule has 110 valence electrons. The van der Waals surface area contributed by atoms with Crippen LogP contribution in [-0.4, -0.2) is 24.1 Å². The zero-order valence-corrected chi connectivity index (χ0v) is 13.2. The first-order valence-corrected chi connectivity index (χ1v) is 7.64. The van der Waals surface area contributed by atoms with Crippen molar-refractivity contribution in [3.63, 3.8) is 0 Å². The molecule has 0 atom stereocenters. The minimum absolute atomic E-state index is 0.125. The quantitative estimate of drug-likeness (QED) is 0.630. The summed E-state index contributed by atoms with van der Waals surface area (Å²) in [6, 6.07) is 2.81. The minimum atomic E-state index is -0.899. The highest BCUT2D eigenvalue weighted by Gasteiger charge is 2.52. The molecule has 1 aromatic carbocycles. The first-order chi connectivity index (χ1) is 9.18. The zero-order chi connectivity index (χ0) is 15.1. The molecule has 0 aliphatic carbocycles. The molecule has 6 heteroatoms. The molecule has 0 N–H and O–H groups in total. The van der Waals surface area contributed by atoms with E-state index in [9.17, 15) is 8.78 Å². The van der Waals surface area contributed by atoms with Gasteiger partial charge in [-0.2, -0.15) is 0 Å². The van der Waals surface area contributed by atoms with Gasteiger partial charge in [0.25, 0.3) is 0 Å². The number of hydrogen-bond acceptors (Lipinski definition) is 3. The molecule has 1 saturated heterocycles. The van der Waals surface area contributed by atoms with Crippen LogP contribution in [0.25, 0.3) is 0 Å². The highest BCUT2D eigenvalue weighted by molar-refractivity contribution is 7.99. The van der Waals surface area contributed by atoms with Gasteiger partial charge in [0.1, 0.15) is 0 Å². The van der Waals surface area contributed by atoms with E-state index in [1.165, 1.54) is 17.8 Å².